The van der Waals surface area contributed by atoms with Crippen molar-refractivity contribution >= 4 is 38.7 Å². The molecule has 0 bridgehead atoms. The molecule has 9 aromatic carbocycles. The van der Waals surface area contributed by atoms with E-state index in [4.69, 9.17) is 19.9 Å². The maximum Gasteiger partial charge on any atom is 0.164 e. The topological polar surface area (TPSA) is 54.8 Å². The van der Waals surface area contributed by atoms with Crippen LogP contribution < -0.4 is 4.90 Å². The largest absolute Gasteiger partial charge is 0.310 e. The summed E-state index contributed by atoms with van der Waals surface area (Å²) in [5.74, 6) is 1.86. The number of pyridine rings is 1. The van der Waals surface area contributed by atoms with Crippen molar-refractivity contribution in [3.05, 3.63) is 247 Å². The second kappa shape index (κ2) is 14.3. The van der Waals surface area contributed by atoms with Gasteiger partial charge in [-0.15, -0.1) is 0 Å². The fourth-order valence-corrected chi connectivity index (χ4v) is 10.3. The molecule has 0 saturated heterocycles. The van der Waals surface area contributed by atoms with Gasteiger partial charge in [0, 0.05) is 38.7 Å². The Morgan fingerprint density at radius 1 is 0.312 bits per heavy atom. The summed E-state index contributed by atoms with van der Waals surface area (Å²) < 4.78 is 0. The van der Waals surface area contributed by atoms with Crippen LogP contribution in [-0.4, -0.2) is 19.9 Å². The molecule has 1 spiro atoms. The van der Waals surface area contributed by atoms with Gasteiger partial charge in [0.15, 0.2) is 17.5 Å². The highest BCUT2D eigenvalue weighted by molar-refractivity contribution is 6.14. The molecule has 2 aromatic heterocycles. The van der Waals surface area contributed by atoms with Gasteiger partial charge >= 0.3 is 0 Å². The van der Waals surface area contributed by atoms with Gasteiger partial charge in [-0.2, -0.15) is 0 Å². The number of para-hydroxylation sites is 3. The highest BCUT2D eigenvalue weighted by Gasteiger charge is 2.51. The molecule has 0 saturated carbocycles. The third-order valence-electron chi connectivity index (χ3n) is 13.1. The minimum atomic E-state index is -0.609. The maximum atomic E-state index is 5.48. The molecule has 11 aromatic rings. The van der Waals surface area contributed by atoms with Crippen LogP contribution in [0.5, 0.6) is 0 Å². The minimum absolute atomic E-state index is 0.607. The van der Waals surface area contributed by atoms with E-state index in [0.29, 0.717) is 17.5 Å². The number of fused-ring (bicyclic) bond motifs is 12. The Balaban J connectivity index is 1.12. The molecule has 0 fully saturated rings. The van der Waals surface area contributed by atoms with Gasteiger partial charge in [-0.25, -0.2) is 19.9 Å². The van der Waals surface area contributed by atoms with Gasteiger partial charge in [0.1, 0.15) is 0 Å². The molecule has 5 heteroatoms. The molecule has 0 radical (unpaired) electrons. The molecule has 298 valence electrons. The van der Waals surface area contributed by atoms with E-state index in [1.54, 1.807) is 0 Å². The van der Waals surface area contributed by atoms with E-state index in [9.17, 15) is 0 Å². The van der Waals surface area contributed by atoms with Crippen molar-refractivity contribution in [3.63, 3.8) is 0 Å². The van der Waals surface area contributed by atoms with Crippen molar-refractivity contribution in [2.24, 2.45) is 0 Å². The predicted octanol–water partition coefficient (Wildman–Crippen LogP) is 14.4. The monoisotopic (exact) mass is 815 g/mol. The van der Waals surface area contributed by atoms with Gasteiger partial charge in [0.25, 0.3) is 0 Å². The molecule has 1 aliphatic carbocycles. The third kappa shape index (κ3) is 5.37. The number of hydrogen-bond acceptors (Lipinski definition) is 5. The zero-order chi connectivity index (χ0) is 42.2. The fraction of sp³-hybridized carbons (Fsp3) is 0.0169. The molecule has 0 N–H and O–H groups in total. The Bertz CT molecular complexity index is 3500. The summed E-state index contributed by atoms with van der Waals surface area (Å²) in [7, 11) is 0. The van der Waals surface area contributed by atoms with Crippen LogP contribution in [-0.2, 0) is 5.41 Å². The molecule has 1 aliphatic heterocycles. The van der Waals surface area contributed by atoms with Crippen LogP contribution >= 0.6 is 0 Å². The Kier molecular flexibility index (Phi) is 8.06. The molecule has 64 heavy (non-hydrogen) atoms. The van der Waals surface area contributed by atoms with Gasteiger partial charge in [-0.3, -0.25) is 0 Å². The summed E-state index contributed by atoms with van der Waals surface area (Å²) in [6.07, 6.45) is 0. The highest BCUT2D eigenvalue weighted by atomic mass is 15.2. The number of aromatic nitrogens is 4. The zero-order valence-corrected chi connectivity index (χ0v) is 34.6. The van der Waals surface area contributed by atoms with Crippen molar-refractivity contribution in [1.29, 1.82) is 0 Å². The first-order valence-electron chi connectivity index (χ1n) is 21.7. The lowest BCUT2D eigenvalue weighted by atomic mass is 9.64. The van der Waals surface area contributed by atoms with Crippen molar-refractivity contribution < 1.29 is 0 Å². The standard InChI is InChI=1S/C59H37N5/c1-5-19-38(20-6-1)55-47-36-45-43-27-13-14-28-48(43)59(49-29-15-17-31-53(49)64(42-25-11-4-12-26-42)54-32-18-16-30-50(54)59)51(45)37-44(47)46-35-41(33-34-52(46)60-55)58-62-56(39-21-7-2-8-22-39)61-57(63-58)40-23-9-3-10-24-40/h1-37H. The van der Waals surface area contributed by atoms with Crippen LogP contribution in [0.4, 0.5) is 17.1 Å². The average molecular weight is 816 g/mol. The second-order valence-electron chi connectivity index (χ2n) is 16.5. The fourth-order valence-electron chi connectivity index (χ4n) is 10.3. The van der Waals surface area contributed by atoms with E-state index in [1.807, 2.05) is 60.7 Å². The lowest BCUT2D eigenvalue weighted by Crippen LogP contribution is -2.36. The van der Waals surface area contributed by atoms with E-state index in [2.05, 4.69) is 169 Å². The number of rotatable bonds is 5. The van der Waals surface area contributed by atoms with Crippen LogP contribution in [0.2, 0.25) is 0 Å². The molecule has 13 rings (SSSR count). The Labute approximate surface area is 370 Å². The zero-order valence-electron chi connectivity index (χ0n) is 34.6. The summed E-state index contributed by atoms with van der Waals surface area (Å²) >= 11 is 0. The predicted molar refractivity (Wildman–Crippen MR) is 260 cm³/mol. The summed E-state index contributed by atoms with van der Waals surface area (Å²) in [6, 6.07) is 79.9. The van der Waals surface area contributed by atoms with Gasteiger partial charge in [0.05, 0.1) is 28.0 Å². The maximum absolute atomic E-state index is 5.48. The molecule has 2 aliphatic rings. The quantitative estimate of drug-likeness (QED) is 0.162. The van der Waals surface area contributed by atoms with Crippen LogP contribution in [0.15, 0.2) is 224 Å². The first-order valence-corrected chi connectivity index (χ1v) is 21.7. The van der Waals surface area contributed by atoms with E-state index in [-0.39, 0.29) is 0 Å². The van der Waals surface area contributed by atoms with Gasteiger partial charge in [-0.05, 0) is 93.4 Å². The highest BCUT2D eigenvalue weighted by Crippen LogP contribution is 2.64. The van der Waals surface area contributed by atoms with Crippen LogP contribution in [0.3, 0.4) is 0 Å². The number of benzene rings is 9. The average Bonchev–Trinajstić information content (AvgIpc) is 3.66. The minimum Gasteiger partial charge on any atom is -0.310 e. The molecule has 0 unspecified atom stereocenters. The summed E-state index contributed by atoms with van der Waals surface area (Å²) in [6.45, 7) is 0. The van der Waals surface area contributed by atoms with E-state index < -0.39 is 5.41 Å². The Hall–Kier alpha value is -8.54. The number of nitrogens with zero attached hydrogens (tertiary/aromatic N) is 5. The van der Waals surface area contributed by atoms with Crippen LogP contribution in [0.25, 0.3) is 78.2 Å². The third-order valence-corrected chi connectivity index (χ3v) is 13.1. The van der Waals surface area contributed by atoms with Crippen LogP contribution in [0, 0.1) is 0 Å². The number of hydrogen-bond donors (Lipinski definition) is 0. The summed E-state index contributed by atoms with van der Waals surface area (Å²) in [5.41, 5.74) is 16.0. The normalized spacial score (nSPS) is 13.1. The summed E-state index contributed by atoms with van der Waals surface area (Å²) in [4.78, 5) is 23.2. The SMILES string of the molecule is c1ccc(-c2nc(-c3ccccc3)nc(-c3ccc4nc(-c5ccccc5)c5cc6c(cc5c4c3)C3(c4ccccc4-6)c4ccccc4N(c4ccccc4)c4ccccc43)n2)cc1. The van der Waals surface area contributed by atoms with Crippen molar-refractivity contribution in [2.75, 3.05) is 4.90 Å². The number of anilines is 3. The molecular formula is C59H37N5. The summed E-state index contributed by atoms with van der Waals surface area (Å²) in [5, 5.41) is 3.25. The first-order chi connectivity index (χ1) is 31.7. The van der Waals surface area contributed by atoms with Crippen molar-refractivity contribution in [2.45, 2.75) is 5.41 Å². The van der Waals surface area contributed by atoms with E-state index >= 15 is 0 Å². The van der Waals surface area contributed by atoms with E-state index in [0.717, 1.165) is 55.3 Å². The first kappa shape index (κ1) is 36.1. The Morgan fingerprint density at radius 2 is 0.812 bits per heavy atom. The van der Waals surface area contributed by atoms with Gasteiger partial charge in [-0.1, -0.05) is 170 Å². The van der Waals surface area contributed by atoms with Crippen molar-refractivity contribution in [3.8, 4) is 56.5 Å². The van der Waals surface area contributed by atoms with Gasteiger partial charge in [0.2, 0.25) is 0 Å². The van der Waals surface area contributed by atoms with Gasteiger partial charge < -0.3 is 4.90 Å². The smallest absolute Gasteiger partial charge is 0.164 e. The lowest BCUT2D eigenvalue weighted by Gasteiger charge is -2.45. The Morgan fingerprint density at radius 3 is 1.42 bits per heavy atom. The molecular weight excluding hydrogens is 779 g/mol. The molecule has 3 heterocycles. The second-order valence-corrected chi connectivity index (χ2v) is 16.5. The van der Waals surface area contributed by atoms with Crippen LogP contribution in [0.1, 0.15) is 22.3 Å². The molecule has 5 nitrogen and oxygen atoms in total. The van der Waals surface area contributed by atoms with Crippen molar-refractivity contribution in [1.82, 2.24) is 19.9 Å². The lowest BCUT2D eigenvalue weighted by molar-refractivity contribution is 0.753. The molecule has 0 atom stereocenters. The molecule has 0 amide bonds. The van der Waals surface area contributed by atoms with E-state index in [1.165, 1.54) is 44.8 Å².